The largest absolute Gasteiger partial charge is 0.490 e. The number of nitrogens with one attached hydrogen (secondary N) is 1. The van der Waals surface area contributed by atoms with Gasteiger partial charge in [-0.3, -0.25) is 0 Å². The predicted octanol–water partition coefficient (Wildman–Crippen LogP) is 4.74. The van der Waals surface area contributed by atoms with Gasteiger partial charge in [-0.1, -0.05) is 22.9 Å². The van der Waals surface area contributed by atoms with Crippen LogP contribution in [0.2, 0.25) is 5.02 Å². The van der Waals surface area contributed by atoms with E-state index in [0.717, 1.165) is 40.9 Å². The molecule has 0 amide bonds. The number of nitrogens with zero attached hydrogens (tertiary/aromatic N) is 4. The number of carboxylic acids is 2. The summed E-state index contributed by atoms with van der Waals surface area (Å²) in [6.07, 6.45) is -7.11. The van der Waals surface area contributed by atoms with Crippen LogP contribution in [0.25, 0.3) is 15.7 Å². The molecule has 39 heavy (non-hydrogen) atoms. The molecule has 214 valence electrons. The van der Waals surface area contributed by atoms with Crippen LogP contribution in [0.3, 0.4) is 0 Å². The minimum atomic E-state index is -5.08. The lowest BCUT2D eigenvalue weighted by Gasteiger charge is -2.11. The van der Waals surface area contributed by atoms with Crippen LogP contribution in [0, 0.1) is 0 Å². The van der Waals surface area contributed by atoms with Crippen molar-refractivity contribution in [1.82, 2.24) is 25.3 Å². The normalized spacial score (nSPS) is 13.0. The zero-order valence-electron chi connectivity index (χ0n) is 20.0. The second-order valence-corrected chi connectivity index (χ2v) is 9.14. The van der Waals surface area contributed by atoms with Crippen LogP contribution >= 0.6 is 22.9 Å². The number of rotatable bonds is 4. The van der Waals surface area contributed by atoms with Crippen LogP contribution in [0.1, 0.15) is 25.1 Å². The van der Waals surface area contributed by atoms with E-state index in [-0.39, 0.29) is 6.10 Å². The van der Waals surface area contributed by atoms with Crippen LogP contribution < -0.4 is 10.1 Å². The van der Waals surface area contributed by atoms with E-state index in [2.05, 4.69) is 20.6 Å². The summed E-state index contributed by atoms with van der Waals surface area (Å²) in [5, 5.41) is 32.9. The molecule has 1 aromatic carbocycles. The molecule has 3 aromatic rings. The van der Waals surface area contributed by atoms with E-state index in [1.807, 2.05) is 42.9 Å². The van der Waals surface area contributed by atoms with E-state index in [9.17, 15) is 26.3 Å². The second kappa shape index (κ2) is 13.1. The third-order valence-electron chi connectivity index (χ3n) is 4.37. The summed E-state index contributed by atoms with van der Waals surface area (Å²) in [6, 6.07) is 5.69. The molecule has 2 aromatic heterocycles. The summed E-state index contributed by atoms with van der Waals surface area (Å²) < 4.78 is 71.0. The molecule has 3 N–H and O–H groups in total. The fourth-order valence-electron chi connectivity index (χ4n) is 2.74. The van der Waals surface area contributed by atoms with E-state index >= 15 is 0 Å². The standard InChI is InChI=1S/C17H18ClN5OS.2C2HF3O2/c1-10(2)24-15-4-3-11(7-13(15)18)16-20-21-17(25-16)23-9-12-8-19-6-5-14(12)22-23;2*3-2(4,5)1(6)7/h3-4,7,9-10,19H,5-6,8H2,1-2H3;2*(H,6,7). The number of carbonyl (C=O) groups is 2. The molecular weight excluding hydrogens is 584 g/mol. The van der Waals surface area contributed by atoms with Crippen molar-refractivity contribution in [3.63, 3.8) is 0 Å². The van der Waals surface area contributed by atoms with Crippen molar-refractivity contribution in [2.24, 2.45) is 0 Å². The van der Waals surface area contributed by atoms with Gasteiger partial charge in [0, 0.05) is 36.8 Å². The molecule has 3 heterocycles. The van der Waals surface area contributed by atoms with Gasteiger partial charge in [0.1, 0.15) is 10.8 Å². The SMILES string of the molecule is CC(C)Oc1ccc(-c2nnc(-n3cc4c(n3)CCNC4)s2)cc1Cl.O=C(O)C(F)(F)F.O=C(O)C(F)(F)F. The van der Waals surface area contributed by atoms with Gasteiger partial charge in [-0.15, -0.1) is 10.2 Å². The Morgan fingerprint density at radius 1 is 1.10 bits per heavy atom. The van der Waals surface area contributed by atoms with E-state index in [1.165, 1.54) is 16.9 Å². The van der Waals surface area contributed by atoms with Gasteiger partial charge >= 0.3 is 24.3 Å². The Balaban J connectivity index is 0.000000317. The molecule has 0 radical (unpaired) electrons. The number of ether oxygens (including phenoxy) is 1. The van der Waals surface area contributed by atoms with Crippen molar-refractivity contribution in [2.75, 3.05) is 6.54 Å². The molecule has 0 unspecified atom stereocenters. The third-order valence-corrected chi connectivity index (χ3v) is 5.63. The number of carboxylic acid groups (broad SMARTS) is 2. The Morgan fingerprint density at radius 2 is 1.69 bits per heavy atom. The van der Waals surface area contributed by atoms with Crippen molar-refractivity contribution < 1.29 is 50.9 Å². The minimum absolute atomic E-state index is 0.0804. The van der Waals surface area contributed by atoms with Crippen molar-refractivity contribution in [3.05, 3.63) is 40.7 Å². The lowest BCUT2D eigenvalue weighted by molar-refractivity contribution is -0.193. The van der Waals surface area contributed by atoms with Crippen LogP contribution in [-0.4, -0.2) is 67.1 Å². The Kier molecular flexibility index (Phi) is 10.7. The first kappa shape index (κ1) is 31.8. The minimum Gasteiger partial charge on any atom is -0.489 e. The van der Waals surface area contributed by atoms with E-state index in [1.54, 1.807) is 0 Å². The zero-order chi connectivity index (χ0) is 29.5. The summed E-state index contributed by atoms with van der Waals surface area (Å²) in [7, 11) is 0. The zero-order valence-corrected chi connectivity index (χ0v) is 21.5. The Bertz CT molecular complexity index is 1250. The molecule has 1 aliphatic rings. The molecule has 0 saturated carbocycles. The quantitative estimate of drug-likeness (QED) is 0.361. The molecule has 0 atom stereocenters. The molecule has 1 aliphatic heterocycles. The van der Waals surface area contributed by atoms with E-state index in [0.29, 0.717) is 10.8 Å². The summed E-state index contributed by atoms with van der Waals surface area (Å²) in [6.45, 7) is 5.77. The van der Waals surface area contributed by atoms with Crippen molar-refractivity contribution in [3.8, 4) is 21.5 Å². The monoisotopic (exact) mass is 603 g/mol. The van der Waals surface area contributed by atoms with Gasteiger partial charge in [-0.05, 0) is 32.0 Å². The maximum atomic E-state index is 10.6. The van der Waals surface area contributed by atoms with E-state index < -0.39 is 24.3 Å². The molecule has 18 heteroatoms. The van der Waals surface area contributed by atoms with E-state index in [4.69, 9.17) is 36.1 Å². The van der Waals surface area contributed by atoms with Crippen LogP contribution in [-0.2, 0) is 22.6 Å². The Labute approximate surface area is 225 Å². The van der Waals surface area contributed by atoms with Gasteiger partial charge in [0.2, 0.25) is 5.13 Å². The lowest BCUT2D eigenvalue weighted by atomic mass is 10.1. The average molecular weight is 604 g/mol. The summed E-state index contributed by atoms with van der Waals surface area (Å²) in [5.41, 5.74) is 3.28. The van der Waals surface area contributed by atoms with Gasteiger partial charge in [-0.25, -0.2) is 14.3 Å². The predicted molar refractivity (Wildman–Crippen MR) is 126 cm³/mol. The van der Waals surface area contributed by atoms with Crippen LogP contribution in [0.15, 0.2) is 24.4 Å². The summed E-state index contributed by atoms with van der Waals surface area (Å²) in [4.78, 5) is 17.8. The highest BCUT2D eigenvalue weighted by molar-refractivity contribution is 7.17. The number of benzene rings is 1. The summed E-state index contributed by atoms with van der Waals surface area (Å²) >= 11 is 7.81. The van der Waals surface area contributed by atoms with Crippen molar-refractivity contribution in [2.45, 2.75) is 45.3 Å². The first-order valence-electron chi connectivity index (χ1n) is 10.7. The molecule has 0 fully saturated rings. The number of hydrogen-bond acceptors (Lipinski definition) is 8. The molecule has 0 saturated heterocycles. The first-order valence-corrected chi connectivity index (χ1v) is 11.9. The maximum absolute atomic E-state index is 10.6. The highest BCUT2D eigenvalue weighted by Crippen LogP contribution is 2.33. The first-order chi connectivity index (χ1) is 18.0. The smallest absolute Gasteiger partial charge is 0.489 e. The van der Waals surface area contributed by atoms with Gasteiger partial charge < -0.3 is 20.3 Å². The molecule has 0 aliphatic carbocycles. The Morgan fingerprint density at radius 3 is 2.18 bits per heavy atom. The highest BCUT2D eigenvalue weighted by atomic mass is 35.5. The number of aromatic nitrogens is 4. The van der Waals surface area contributed by atoms with Gasteiger partial charge in [0.05, 0.1) is 16.8 Å². The number of aliphatic carboxylic acids is 2. The lowest BCUT2D eigenvalue weighted by Crippen LogP contribution is -2.22. The fraction of sp³-hybridized carbons (Fsp3) is 0.381. The average Bonchev–Trinajstić information content (AvgIpc) is 3.47. The maximum Gasteiger partial charge on any atom is 0.490 e. The van der Waals surface area contributed by atoms with Gasteiger partial charge in [0.25, 0.3) is 0 Å². The third kappa shape index (κ3) is 9.67. The van der Waals surface area contributed by atoms with Gasteiger partial charge in [0.15, 0.2) is 0 Å². The molecular formula is C21H20ClF6N5O5S. The number of hydrogen-bond donors (Lipinski definition) is 3. The van der Waals surface area contributed by atoms with Crippen molar-refractivity contribution >= 4 is 34.9 Å². The molecule has 0 spiro atoms. The van der Waals surface area contributed by atoms with Crippen LogP contribution in [0.4, 0.5) is 26.3 Å². The second-order valence-electron chi connectivity index (χ2n) is 7.78. The summed E-state index contributed by atoms with van der Waals surface area (Å²) in [5.74, 6) is -4.84. The topological polar surface area (TPSA) is 139 Å². The molecule has 4 rings (SSSR count). The van der Waals surface area contributed by atoms with Gasteiger partial charge in [-0.2, -0.15) is 31.4 Å². The van der Waals surface area contributed by atoms with Crippen LogP contribution in [0.5, 0.6) is 5.75 Å². The number of halogens is 7. The fourth-order valence-corrected chi connectivity index (χ4v) is 3.73. The number of alkyl halides is 6. The highest BCUT2D eigenvalue weighted by Gasteiger charge is 2.38. The molecule has 10 nitrogen and oxygen atoms in total. The molecule has 0 bridgehead atoms. The number of fused-ring (bicyclic) bond motifs is 1. The Hall–Kier alpha value is -3.44. The van der Waals surface area contributed by atoms with Crippen molar-refractivity contribution in [1.29, 1.82) is 0 Å².